The van der Waals surface area contributed by atoms with Gasteiger partial charge in [-0.3, -0.25) is 4.79 Å². The molecule has 0 aromatic carbocycles. The van der Waals surface area contributed by atoms with Crippen LogP contribution in [0.2, 0.25) is 0 Å². The lowest BCUT2D eigenvalue weighted by Gasteiger charge is -2.57. The first-order valence-electron chi connectivity index (χ1n) is 9.91. The third-order valence-corrected chi connectivity index (χ3v) is 8.62. The Morgan fingerprint density at radius 1 is 1.17 bits per heavy atom. The summed E-state index contributed by atoms with van der Waals surface area (Å²) in [6.07, 6.45) is 10.8. The second-order valence-corrected chi connectivity index (χ2v) is 9.45. The third-order valence-electron chi connectivity index (χ3n) is 8.62. The Kier molecular flexibility index (Phi) is 3.96. The summed E-state index contributed by atoms with van der Waals surface area (Å²) >= 11 is 0. The molecule has 0 bridgehead atoms. The highest BCUT2D eigenvalue weighted by Gasteiger charge is 2.59. The van der Waals surface area contributed by atoms with Gasteiger partial charge in [0.2, 0.25) is 0 Å². The highest BCUT2D eigenvalue weighted by atomic mass is 16.3. The summed E-state index contributed by atoms with van der Waals surface area (Å²) in [5.74, 6) is 2.16. The Morgan fingerprint density at radius 2 is 1.96 bits per heavy atom. The summed E-state index contributed by atoms with van der Waals surface area (Å²) in [7, 11) is 0. The molecule has 0 unspecified atom stereocenters. The van der Waals surface area contributed by atoms with Gasteiger partial charge < -0.3 is 10.2 Å². The van der Waals surface area contributed by atoms with Crippen LogP contribution in [0.25, 0.3) is 0 Å². The van der Waals surface area contributed by atoms with E-state index in [0.29, 0.717) is 17.8 Å². The second-order valence-electron chi connectivity index (χ2n) is 9.45. The van der Waals surface area contributed by atoms with E-state index in [4.69, 9.17) is 0 Å². The van der Waals surface area contributed by atoms with Gasteiger partial charge in [-0.25, -0.2) is 0 Å². The van der Waals surface area contributed by atoms with Gasteiger partial charge in [-0.2, -0.15) is 0 Å². The smallest absolute Gasteiger partial charge is 0.161 e. The quantitative estimate of drug-likeness (QED) is 0.761. The van der Waals surface area contributed by atoms with Crippen molar-refractivity contribution in [3.05, 3.63) is 11.6 Å². The maximum atomic E-state index is 12.3. The first kappa shape index (κ1) is 16.8. The zero-order valence-electron chi connectivity index (χ0n) is 15.1. The fourth-order valence-electron chi connectivity index (χ4n) is 7.28. The molecule has 24 heavy (non-hydrogen) atoms. The topological polar surface area (TPSA) is 57.5 Å². The van der Waals surface area contributed by atoms with Gasteiger partial charge in [-0.1, -0.05) is 25.5 Å². The normalized spacial score (nSPS) is 50.5. The van der Waals surface area contributed by atoms with Gasteiger partial charge in [0.05, 0.1) is 6.10 Å². The molecule has 0 aromatic heterocycles. The molecular weight excluding hydrogens is 300 g/mol. The van der Waals surface area contributed by atoms with Gasteiger partial charge in [0.1, 0.15) is 6.61 Å². The monoisotopic (exact) mass is 332 g/mol. The highest BCUT2D eigenvalue weighted by Crippen LogP contribution is 2.66. The molecule has 4 aliphatic rings. The van der Waals surface area contributed by atoms with Gasteiger partial charge in [-0.15, -0.1) is 0 Å². The Labute approximate surface area is 145 Å². The van der Waals surface area contributed by atoms with Crippen LogP contribution in [-0.4, -0.2) is 28.7 Å². The Balaban J connectivity index is 1.64. The molecule has 3 nitrogen and oxygen atoms in total. The lowest BCUT2D eigenvalue weighted by Crippen LogP contribution is -2.51. The Morgan fingerprint density at radius 3 is 2.71 bits per heavy atom. The van der Waals surface area contributed by atoms with Crippen molar-refractivity contribution in [2.24, 2.45) is 34.5 Å². The number of carbonyl (C=O) groups is 1. The van der Waals surface area contributed by atoms with Crippen molar-refractivity contribution in [3.63, 3.8) is 0 Å². The summed E-state index contributed by atoms with van der Waals surface area (Å²) < 4.78 is 0. The van der Waals surface area contributed by atoms with Crippen molar-refractivity contribution < 1.29 is 15.0 Å². The molecular formula is C21H32O3. The standard InChI is InChI=1S/C21H32O3/c1-20-9-7-14(23)11-13(20)3-4-15-16-5-6-18(19(24)12-22)21(16,2)10-8-17(15)20/h3,14-18,22-23H,4-12H2,1-2H3/t14-,15+,16+,17+,18-,20-,21-/m0/s1. The van der Waals surface area contributed by atoms with Crippen LogP contribution in [0, 0.1) is 34.5 Å². The minimum absolute atomic E-state index is 0.0671. The summed E-state index contributed by atoms with van der Waals surface area (Å²) in [4.78, 5) is 12.3. The molecule has 3 saturated carbocycles. The van der Waals surface area contributed by atoms with Crippen molar-refractivity contribution >= 4 is 5.78 Å². The largest absolute Gasteiger partial charge is 0.393 e. The maximum Gasteiger partial charge on any atom is 0.161 e. The number of allylic oxidation sites excluding steroid dienone is 1. The molecule has 0 radical (unpaired) electrons. The van der Waals surface area contributed by atoms with E-state index in [1.165, 1.54) is 12.0 Å². The maximum absolute atomic E-state index is 12.3. The number of hydrogen-bond acceptors (Lipinski definition) is 3. The van der Waals surface area contributed by atoms with Gasteiger partial charge in [0.15, 0.2) is 5.78 Å². The first-order chi connectivity index (χ1) is 11.4. The van der Waals surface area contributed by atoms with Crippen LogP contribution >= 0.6 is 0 Å². The number of hydrogen-bond donors (Lipinski definition) is 2. The fraction of sp³-hybridized carbons (Fsp3) is 0.857. The molecule has 3 fully saturated rings. The van der Waals surface area contributed by atoms with Crippen LogP contribution < -0.4 is 0 Å². The van der Waals surface area contributed by atoms with Crippen LogP contribution in [0.4, 0.5) is 0 Å². The van der Waals surface area contributed by atoms with E-state index in [2.05, 4.69) is 19.9 Å². The van der Waals surface area contributed by atoms with E-state index in [-0.39, 0.29) is 35.2 Å². The molecule has 0 aliphatic heterocycles. The van der Waals surface area contributed by atoms with E-state index >= 15 is 0 Å². The van der Waals surface area contributed by atoms with Crippen molar-refractivity contribution in [1.82, 2.24) is 0 Å². The van der Waals surface area contributed by atoms with E-state index < -0.39 is 0 Å². The lowest BCUT2D eigenvalue weighted by molar-refractivity contribution is -0.132. The van der Waals surface area contributed by atoms with E-state index in [1.807, 2.05) is 0 Å². The predicted octanol–water partition coefficient (Wildman–Crippen LogP) is 3.49. The van der Waals surface area contributed by atoms with E-state index in [0.717, 1.165) is 44.9 Å². The van der Waals surface area contributed by atoms with E-state index in [9.17, 15) is 15.0 Å². The van der Waals surface area contributed by atoms with Crippen LogP contribution in [0.5, 0.6) is 0 Å². The molecule has 2 N–H and O–H groups in total. The Hall–Kier alpha value is -0.670. The van der Waals surface area contributed by atoms with Crippen LogP contribution in [0.3, 0.4) is 0 Å². The summed E-state index contributed by atoms with van der Waals surface area (Å²) in [6.45, 7) is 4.47. The van der Waals surface area contributed by atoms with E-state index in [1.54, 1.807) is 0 Å². The average Bonchev–Trinajstić information content (AvgIpc) is 2.92. The minimum atomic E-state index is -0.291. The van der Waals surface area contributed by atoms with Gasteiger partial charge >= 0.3 is 0 Å². The van der Waals surface area contributed by atoms with Gasteiger partial charge in [-0.05, 0) is 80.0 Å². The summed E-state index contributed by atoms with van der Waals surface area (Å²) in [5, 5.41) is 19.4. The number of carbonyl (C=O) groups excluding carboxylic acids is 1. The van der Waals surface area contributed by atoms with Crippen LogP contribution in [0.1, 0.15) is 65.2 Å². The molecule has 3 heteroatoms. The van der Waals surface area contributed by atoms with Crippen molar-refractivity contribution in [2.45, 2.75) is 71.3 Å². The molecule has 0 amide bonds. The molecule has 0 heterocycles. The summed E-state index contributed by atoms with van der Waals surface area (Å²) in [5.41, 5.74) is 1.87. The molecule has 0 aromatic rings. The number of Topliss-reactive ketones (excluding diaryl/α,β-unsaturated/α-hetero) is 1. The van der Waals surface area contributed by atoms with Gasteiger partial charge in [0, 0.05) is 5.92 Å². The number of rotatable bonds is 2. The SMILES string of the molecule is C[C@]12CC[C@@H]3[C@H](CC=C4C[C@@H](O)CC[C@@]43C)[C@H]1CC[C@H]2C(=O)CO. The number of ketones is 1. The van der Waals surface area contributed by atoms with Crippen molar-refractivity contribution in [1.29, 1.82) is 0 Å². The van der Waals surface area contributed by atoms with Crippen molar-refractivity contribution in [2.75, 3.05) is 6.61 Å². The highest BCUT2D eigenvalue weighted by molar-refractivity contribution is 5.83. The molecule has 4 rings (SSSR count). The molecule has 7 atom stereocenters. The molecule has 0 spiro atoms. The minimum Gasteiger partial charge on any atom is -0.393 e. The molecule has 4 aliphatic carbocycles. The van der Waals surface area contributed by atoms with Crippen LogP contribution in [-0.2, 0) is 4.79 Å². The first-order valence-corrected chi connectivity index (χ1v) is 9.91. The fourth-order valence-corrected chi connectivity index (χ4v) is 7.28. The number of fused-ring (bicyclic) bond motifs is 5. The zero-order chi connectivity index (χ0) is 17.1. The van der Waals surface area contributed by atoms with Gasteiger partial charge in [0.25, 0.3) is 0 Å². The third kappa shape index (κ3) is 2.20. The average molecular weight is 332 g/mol. The predicted molar refractivity (Wildman–Crippen MR) is 93.3 cm³/mol. The number of aliphatic hydroxyl groups excluding tert-OH is 2. The second kappa shape index (κ2) is 5.67. The van der Waals surface area contributed by atoms with Crippen molar-refractivity contribution in [3.8, 4) is 0 Å². The molecule has 134 valence electrons. The lowest BCUT2D eigenvalue weighted by atomic mass is 9.47. The number of aliphatic hydroxyl groups is 2. The Bertz CT molecular complexity index is 567. The van der Waals surface area contributed by atoms with Crippen LogP contribution in [0.15, 0.2) is 11.6 Å². The summed E-state index contributed by atoms with van der Waals surface area (Å²) in [6, 6.07) is 0. The zero-order valence-corrected chi connectivity index (χ0v) is 15.1. The molecule has 0 saturated heterocycles.